The van der Waals surface area contributed by atoms with Crippen molar-refractivity contribution < 1.29 is 32.7 Å². The molecular formula is C17H21F3N6O4. The first-order valence-electron chi connectivity index (χ1n) is 9.31. The van der Waals surface area contributed by atoms with Gasteiger partial charge >= 0.3 is 12.3 Å². The maximum absolute atomic E-state index is 12.6. The second-order valence-electron chi connectivity index (χ2n) is 6.98. The monoisotopic (exact) mass is 430 g/mol. The minimum absolute atomic E-state index is 0.174. The van der Waals surface area contributed by atoms with Gasteiger partial charge in [0.05, 0.1) is 17.8 Å². The van der Waals surface area contributed by atoms with Crippen LogP contribution >= 0.6 is 0 Å². The minimum Gasteiger partial charge on any atom is -0.465 e. The largest absolute Gasteiger partial charge is 0.465 e. The topological polar surface area (TPSA) is 120 Å². The number of carbonyl (C=O) groups excluding carboxylic acids is 1. The van der Waals surface area contributed by atoms with Gasteiger partial charge in [-0.3, -0.25) is 4.79 Å². The maximum atomic E-state index is 12.6. The summed E-state index contributed by atoms with van der Waals surface area (Å²) in [5.74, 6) is 0.0759. The number of aromatic nitrogens is 2. The highest BCUT2D eigenvalue weighted by molar-refractivity contribution is 5.78. The van der Waals surface area contributed by atoms with Crippen LogP contribution in [0.4, 0.5) is 23.9 Å². The summed E-state index contributed by atoms with van der Waals surface area (Å²) in [6, 6.07) is -0.440. The number of hydrogen-bond donors (Lipinski definition) is 2. The first kappa shape index (κ1) is 21.6. The molecule has 1 aliphatic heterocycles. The van der Waals surface area contributed by atoms with Crippen LogP contribution in [0.3, 0.4) is 0 Å². The molecule has 10 nitrogen and oxygen atoms in total. The smallest absolute Gasteiger partial charge is 0.419 e. The van der Waals surface area contributed by atoms with Crippen molar-refractivity contribution in [3.8, 4) is 0 Å². The van der Waals surface area contributed by atoms with Gasteiger partial charge in [-0.25, -0.2) is 14.8 Å². The van der Waals surface area contributed by atoms with Crippen LogP contribution in [0.5, 0.6) is 0 Å². The molecule has 1 atom stereocenters. The first-order chi connectivity index (χ1) is 14.2. The maximum Gasteiger partial charge on any atom is 0.419 e. The van der Waals surface area contributed by atoms with E-state index in [-0.39, 0.29) is 24.4 Å². The van der Waals surface area contributed by atoms with Crippen LogP contribution in [0.15, 0.2) is 17.5 Å². The summed E-state index contributed by atoms with van der Waals surface area (Å²) in [7, 11) is 0. The number of oxime groups is 1. The molecule has 2 heterocycles. The third-order valence-electron chi connectivity index (χ3n) is 4.78. The Morgan fingerprint density at radius 1 is 1.27 bits per heavy atom. The summed E-state index contributed by atoms with van der Waals surface area (Å²) in [5.41, 5.74) is -0.916. The third-order valence-corrected chi connectivity index (χ3v) is 4.78. The standard InChI is InChI=1S/C17H21F3N6O4/c18-17(19,20)12-7-21-15(22-8-12)26-5-3-25(4-6-26)14(27)10-30-23-9-13(11-1-2-11)24-16(28)29/h7-9,11,13,24H,1-6,10H2,(H,28,29). The molecule has 13 heteroatoms. The fourth-order valence-electron chi connectivity index (χ4n) is 2.95. The lowest BCUT2D eigenvalue weighted by Gasteiger charge is -2.34. The van der Waals surface area contributed by atoms with Gasteiger partial charge in [-0.2, -0.15) is 13.2 Å². The molecule has 1 aromatic rings. The molecule has 2 fully saturated rings. The van der Waals surface area contributed by atoms with Crippen molar-refractivity contribution in [2.24, 2.45) is 11.1 Å². The number of carbonyl (C=O) groups is 2. The predicted molar refractivity (Wildman–Crippen MR) is 97.9 cm³/mol. The number of hydrogen-bond acceptors (Lipinski definition) is 7. The van der Waals surface area contributed by atoms with E-state index in [4.69, 9.17) is 9.94 Å². The van der Waals surface area contributed by atoms with Crippen LogP contribution in [0, 0.1) is 5.92 Å². The van der Waals surface area contributed by atoms with E-state index in [0.717, 1.165) is 25.2 Å². The predicted octanol–water partition coefficient (Wildman–Crippen LogP) is 1.19. The Labute approximate surface area is 169 Å². The number of rotatable bonds is 7. The van der Waals surface area contributed by atoms with E-state index < -0.39 is 23.9 Å². The molecule has 0 aromatic carbocycles. The van der Waals surface area contributed by atoms with Gasteiger partial charge < -0.3 is 25.1 Å². The Bertz CT molecular complexity index is 777. The second kappa shape index (κ2) is 9.13. The average molecular weight is 430 g/mol. The number of nitrogens with zero attached hydrogens (tertiary/aromatic N) is 5. The van der Waals surface area contributed by atoms with Crippen LogP contribution in [-0.2, 0) is 15.8 Å². The number of halogens is 3. The number of anilines is 1. The highest BCUT2D eigenvalue weighted by Gasteiger charge is 2.32. The van der Waals surface area contributed by atoms with Crippen molar-refractivity contribution in [2.75, 3.05) is 37.7 Å². The molecule has 1 unspecified atom stereocenters. The summed E-state index contributed by atoms with van der Waals surface area (Å²) in [6.45, 7) is 1.11. The zero-order chi connectivity index (χ0) is 21.7. The van der Waals surface area contributed by atoms with E-state index in [0.29, 0.717) is 26.2 Å². The third kappa shape index (κ3) is 5.94. The van der Waals surface area contributed by atoms with Gasteiger partial charge in [0, 0.05) is 38.6 Å². The quantitative estimate of drug-likeness (QED) is 0.493. The Hall–Kier alpha value is -3.12. The molecule has 3 rings (SSSR count). The highest BCUT2D eigenvalue weighted by atomic mass is 19.4. The lowest BCUT2D eigenvalue weighted by Crippen LogP contribution is -2.50. The summed E-state index contributed by atoms with van der Waals surface area (Å²) >= 11 is 0. The second-order valence-corrected chi connectivity index (χ2v) is 6.98. The number of amides is 2. The van der Waals surface area contributed by atoms with E-state index in [2.05, 4.69) is 20.4 Å². The molecule has 2 aliphatic rings. The van der Waals surface area contributed by atoms with Crippen molar-refractivity contribution >= 4 is 24.2 Å². The van der Waals surface area contributed by atoms with Gasteiger partial charge in [0.2, 0.25) is 5.95 Å². The van der Waals surface area contributed by atoms with E-state index >= 15 is 0 Å². The van der Waals surface area contributed by atoms with Gasteiger partial charge in [-0.05, 0) is 18.8 Å². The summed E-state index contributed by atoms with van der Waals surface area (Å²) < 4.78 is 37.7. The van der Waals surface area contributed by atoms with Gasteiger partial charge in [0.1, 0.15) is 0 Å². The molecule has 1 aliphatic carbocycles. The van der Waals surface area contributed by atoms with E-state index in [1.165, 1.54) is 6.21 Å². The lowest BCUT2D eigenvalue weighted by atomic mass is 10.2. The first-order valence-corrected chi connectivity index (χ1v) is 9.31. The van der Waals surface area contributed by atoms with Gasteiger partial charge in [-0.1, -0.05) is 5.16 Å². The molecule has 0 spiro atoms. The molecular weight excluding hydrogens is 409 g/mol. The van der Waals surface area contributed by atoms with Crippen molar-refractivity contribution in [1.29, 1.82) is 0 Å². The minimum atomic E-state index is -4.49. The van der Waals surface area contributed by atoms with Crippen LogP contribution in [-0.4, -0.2) is 77.0 Å². The van der Waals surface area contributed by atoms with E-state index in [1.54, 1.807) is 9.80 Å². The Morgan fingerprint density at radius 2 is 1.90 bits per heavy atom. The summed E-state index contributed by atoms with van der Waals surface area (Å²) in [6.07, 6.45) is -1.01. The average Bonchev–Trinajstić information content (AvgIpc) is 3.55. The fourth-order valence-corrected chi connectivity index (χ4v) is 2.95. The molecule has 1 saturated carbocycles. The van der Waals surface area contributed by atoms with Crippen molar-refractivity contribution in [3.05, 3.63) is 18.0 Å². The Kier molecular flexibility index (Phi) is 6.57. The number of alkyl halides is 3. The Morgan fingerprint density at radius 3 is 2.43 bits per heavy atom. The van der Waals surface area contributed by atoms with Gasteiger partial charge in [-0.15, -0.1) is 0 Å². The van der Waals surface area contributed by atoms with E-state index in [1.807, 2.05) is 0 Å². The molecule has 2 amide bonds. The Balaban J connectivity index is 1.41. The van der Waals surface area contributed by atoms with Crippen molar-refractivity contribution in [3.63, 3.8) is 0 Å². The van der Waals surface area contributed by atoms with Crippen LogP contribution in [0.1, 0.15) is 18.4 Å². The highest BCUT2D eigenvalue weighted by Crippen LogP contribution is 2.32. The summed E-state index contributed by atoms with van der Waals surface area (Å²) in [4.78, 5) is 38.7. The molecule has 1 aromatic heterocycles. The lowest BCUT2D eigenvalue weighted by molar-refractivity contribution is -0.138. The van der Waals surface area contributed by atoms with Crippen molar-refractivity contribution in [1.82, 2.24) is 20.2 Å². The number of nitrogens with one attached hydrogen (secondary N) is 1. The normalized spacial score (nSPS) is 18.4. The number of piperazine rings is 1. The molecule has 1 saturated heterocycles. The molecule has 30 heavy (non-hydrogen) atoms. The zero-order valence-electron chi connectivity index (χ0n) is 15.9. The summed E-state index contributed by atoms with van der Waals surface area (Å²) in [5, 5.41) is 14.8. The van der Waals surface area contributed by atoms with Crippen molar-refractivity contribution in [2.45, 2.75) is 25.1 Å². The van der Waals surface area contributed by atoms with Crippen LogP contribution < -0.4 is 10.2 Å². The van der Waals surface area contributed by atoms with Crippen LogP contribution in [0.2, 0.25) is 0 Å². The zero-order valence-corrected chi connectivity index (χ0v) is 15.9. The fraction of sp³-hybridized carbons (Fsp3) is 0.588. The van der Waals surface area contributed by atoms with Crippen LogP contribution in [0.25, 0.3) is 0 Å². The SMILES string of the molecule is O=C(O)NC(C=NOCC(=O)N1CCN(c2ncc(C(F)(F)F)cn2)CC1)C1CC1. The molecule has 0 radical (unpaired) electrons. The van der Waals surface area contributed by atoms with Gasteiger partial charge in [0.25, 0.3) is 5.91 Å². The number of carboxylic acid groups (broad SMARTS) is 1. The van der Waals surface area contributed by atoms with E-state index in [9.17, 15) is 22.8 Å². The molecule has 0 bridgehead atoms. The molecule has 2 N–H and O–H groups in total. The molecule has 164 valence electrons. The van der Waals surface area contributed by atoms with Gasteiger partial charge in [0.15, 0.2) is 6.61 Å².